The average molecular weight is 315 g/mol. The highest BCUT2D eigenvalue weighted by molar-refractivity contribution is 6.30. The summed E-state index contributed by atoms with van der Waals surface area (Å²) in [5.74, 6) is 0. The molecule has 3 rings (SSSR count). The van der Waals surface area contributed by atoms with Gasteiger partial charge in [0.05, 0.1) is 6.04 Å². The Bertz CT molecular complexity index is 582. The van der Waals surface area contributed by atoms with Crippen molar-refractivity contribution in [3.05, 3.63) is 70.7 Å². The standard InChI is InChI=1S/C19H23ClN2/c1-22-13-5-8-18(14-22)21-19(15-6-3-2-4-7-15)16-9-11-17(20)12-10-16/h2-4,6-7,9-12,18-19,21H,5,8,13-14H2,1H3/t18-,19-/m0/s1. The summed E-state index contributed by atoms with van der Waals surface area (Å²) in [6.45, 7) is 2.31. The number of hydrogen-bond donors (Lipinski definition) is 1. The molecule has 2 nitrogen and oxygen atoms in total. The van der Waals surface area contributed by atoms with E-state index in [2.05, 4.69) is 59.7 Å². The van der Waals surface area contributed by atoms with Crippen molar-refractivity contribution in [3.8, 4) is 0 Å². The van der Waals surface area contributed by atoms with Crippen LogP contribution < -0.4 is 5.32 Å². The molecule has 1 fully saturated rings. The third-order valence-corrected chi connectivity index (χ3v) is 4.62. The minimum Gasteiger partial charge on any atom is -0.305 e. The van der Waals surface area contributed by atoms with Crippen LogP contribution in [0.4, 0.5) is 0 Å². The van der Waals surface area contributed by atoms with Crippen LogP contribution in [0.1, 0.15) is 30.0 Å². The number of benzene rings is 2. The lowest BCUT2D eigenvalue weighted by molar-refractivity contribution is 0.221. The summed E-state index contributed by atoms with van der Waals surface area (Å²) in [4.78, 5) is 2.41. The fourth-order valence-electron chi connectivity index (χ4n) is 3.22. The second kappa shape index (κ2) is 7.28. The van der Waals surface area contributed by atoms with Crippen LogP contribution in [0.5, 0.6) is 0 Å². The summed E-state index contributed by atoms with van der Waals surface area (Å²) in [6.07, 6.45) is 2.50. The SMILES string of the molecule is CN1CCC[C@H](N[C@@H](c2ccccc2)c2ccc(Cl)cc2)C1. The van der Waals surface area contributed by atoms with Crippen LogP contribution in [0.3, 0.4) is 0 Å². The molecule has 0 aromatic heterocycles. The Kier molecular flexibility index (Phi) is 5.14. The van der Waals surface area contributed by atoms with Crippen molar-refractivity contribution in [3.63, 3.8) is 0 Å². The van der Waals surface area contributed by atoms with E-state index >= 15 is 0 Å². The zero-order valence-corrected chi connectivity index (χ0v) is 13.8. The van der Waals surface area contributed by atoms with Crippen LogP contribution in [0.2, 0.25) is 5.02 Å². The van der Waals surface area contributed by atoms with E-state index in [9.17, 15) is 0 Å². The van der Waals surface area contributed by atoms with Crippen molar-refractivity contribution in [1.29, 1.82) is 0 Å². The van der Waals surface area contributed by atoms with Crippen LogP contribution in [0.25, 0.3) is 0 Å². The number of rotatable bonds is 4. The largest absolute Gasteiger partial charge is 0.305 e. The molecule has 1 aliphatic rings. The molecule has 0 radical (unpaired) electrons. The number of likely N-dealkylation sites (N-methyl/N-ethyl adjacent to an activating group) is 1. The summed E-state index contributed by atoms with van der Waals surface area (Å²) in [7, 11) is 2.20. The Morgan fingerprint density at radius 2 is 1.73 bits per heavy atom. The van der Waals surface area contributed by atoms with Crippen LogP contribution in [-0.2, 0) is 0 Å². The number of piperidine rings is 1. The molecule has 0 aliphatic carbocycles. The van der Waals surface area contributed by atoms with Gasteiger partial charge in [-0.05, 0) is 49.7 Å². The molecule has 116 valence electrons. The molecular formula is C19H23ClN2. The zero-order valence-electron chi connectivity index (χ0n) is 13.0. The molecule has 2 atom stereocenters. The van der Waals surface area contributed by atoms with E-state index in [1.807, 2.05) is 12.1 Å². The lowest BCUT2D eigenvalue weighted by Gasteiger charge is -2.33. The van der Waals surface area contributed by atoms with E-state index in [1.165, 1.54) is 30.5 Å². The van der Waals surface area contributed by atoms with Gasteiger partial charge in [0.1, 0.15) is 0 Å². The molecule has 2 aromatic rings. The topological polar surface area (TPSA) is 15.3 Å². The van der Waals surface area contributed by atoms with Crippen molar-refractivity contribution in [2.75, 3.05) is 20.1 Å². The number of hydrogen-bond acceptors (Lipinski definition) is 2. The normalized spacial score (nSPS) is 20.7. The minimum absolute atomic E-state index is 0.218. The van der Waals surface area contributed by atoms with Gasteiger partial charge in [-0.2, -0.15) is 0 Å². The van der Waals surface area contributed by atoms with Gasteiger partial charge in [-0.25, -0.2) is 0 Å². The van der Waals surface area contributed by atoms with Crippen molar-refractivity contribution < 1.29 is 0 Å². The molecular weight excluding hydrogens is 292 g/mol. The zero-order chi connectivity index (χ0) is 15.4. The summed E-state index contributed by atoms with van der Waals surface area (Å²) in [5.41, 5.74) is 2.57. The van der Waals surface area contributed by atoms with Crippen molar-refractivity contribution in [2.45, 2.75) is 24.9 Å². The molecule has 22 heavy (non-hydrogen) atoms. The number of halogens is 1. The highest BCUT2D eigenvalue weighted by atomic mass is 35.5. The Labute approximate surface area is 138 Å². The van der Waals surface area contributed by atoms with Gasteiger partial charge in [0.2, 0.25) is 0 Å². The Morgan fingerprint density at radius 3 is 2.41 bits per heavy atom. The first-order chi connectivity index (χ1) is 10.7. The van der Waals surface area contributed by atoms with Crippen LogP contribution in [0.15, 0.2) is 54.6 Å². The van der Waals surface area contributed by atoms with Crippen molar-refractivity contribution in [2.24, 2.45) is 0 Å². The van der Waals surface area contributed by atoms with E-state index in [0.717, 1.165) is 11.6 Å². The first-order valence-corrected chi connectivity index (χ1v) is 8.35. The van der Waals surface area contributed by atoms with E-state index < -0.39 is 0 Å². The van der Waals surface area contributed by atoms with E-state index in [-0.39, 0.29) is 6.04 Å². The molecule has 1 aliphatic heterocycles. The monoisotopic (exact) mass is 314 g/mol. The van der Waals surface area contributed by atoms with Gasteiger partial charge >= 0.3 is 0 Å². The molecule has 1 heterocycles. The molecule has 0 spiro atoms. The second-order valence-electron chi connectivity index (χ2n) is 6.16. The number of nitrogens with zero attached hydrogens (tertiary/aromatic N) is 1. The number of nitrogens with one attached hydrogen (secondary N) is 1. The van der Waals surface area contributed by atoms with Gasteiger partial charge in [-0.1, -0.05) is 54.1 Å². The molecule has 3 heteroatoms. The van der Waals surface area contributed by atoms with Crippen molar-refractivity contribution >= 4 is 11.6 Å². The minimum atomic E-state index is 0.218. The fourth-order valence-corrected chi connectivity index (χ4v) is 3.35. The average Bonchev–Trinajstić information content (AvgIpc) is 2.55. The summed E-state index contributed by atoms with van der Waals surface area (Å²) in [5, 5.41) is 4.64. The maximum Gasteiger partial charge on any atom is 0.0579 e. The smallest absolute Gasteiger partial charge is 0.0579 e. The Balaban J connectivity index is 1.84. The maximum absolute atomic E-state index is 6.05. The maximum atomic E-state index is 6.05. The summed E-state index contributed by atoms with van der Waals surface area (Å²) in [6, 6.07) is 19.6. The van der Waals surface area contributed by atoms with Crippen LogP contribution in [-0.4, -0.2) is 31.1 Å². The molecule has 1 N–H and O–H groups in total. The Morgan fingerprint density at radius 1 is 1.05 bits per heavy atom. The molecule has 0 amide bonds. The van der Waals surface area contributed by atoms with E-state index in [1.54, 1.807) is 0 Å². The third-order valence-electron chi connectivity index (χ3n) is 4.36. The van der Waals surface area contributed by atoms with Crippen LogP contribution >= 0.6 is 11.6 Å². The van der Waals surface area contributed by atoms with Gasteiger partial charge in [0.15, 0.2) is 0 Å². The number of likely N-dealkylation sites (tertiary alicyclic amines) is 1. The first kappa shape index (κ1) is 15.5. The van der Waals surface area contributed by atoms with Crippen molar-refractivity contribution in [1.82, 2.24) is 10.2 Å². The quantitative estimate of drug-likeness (QED) is 0.913. The molecule has 0 bridgehead atoms. The molecule has 0 unspecified atom stereocenters. The van der Waals surface area contributed by atoms with Gasteiger partial charge in [0.25, 0.3) is 0 Å². The lowest BCUT2D eigenvalue weighted by Crippen LogP contribution is -2.45. The summed E-state index contributed by atoms with van der Waals surface area (Å²) < 4.78 is 0. The fraction of sp³-hybridized carbons (Fsp3) is 0.368. The van der Waals surface area contributed by atoms with E-state index in [0.29, 0.717) is 6.04 Å². The Hall–Kier alpha value is -1.35. The molecule has 2 aromatic carbocycles. The van der Waals surface area contributed by atoms with Gasteiger partial charge < -0.3 is 10.2 Å². The molecule has 0 saturated carbocycles. The predicted molar refractivity (Wildman–Crippen MR) is 93.4 cm³/mol. The van der Waals surface area contributed by atoms with Gasteiger partial charge in [-0.15, -0.1) is 0 Å². The molecule has 1 saturated heterocycles. The van der Waals surface area contributed by atoms with Crippen LogP contribution in [0, 0.1) is 0 Å². The predicted octanol–water partition coefficient (Wildman–Crippen LogP) is 4.11. The second-order valence-corrected chi connectivity index (χ2v) is 6.60. The van der Waals surface area contributed by atoms with E-state index in [4.69, 9.17) is 11.6 Å². The third kappa shape index (κ3) is 3.89. The highest BCUT2D eigenvalue weighted by Crippen LogP contribution is 2.25. The summed E-state index contributed by atoms with van der Waals surface area (Å²) >= 11 is 6.05. The van der Waals surface area contributed by atoms with Gasteiger partial charge in [0, 0.05) is 17.6 Å². The first-order valence-electron chi connectivity index (χ1n) is 7.97. The van der Waals surface area contributed by atoms with Gasteiger partial charge in [-0.3, -0.25) is 0 Å². The highest BCUT2D eigenvalue weighted by Gasteiger charge is 2.22. The lowest BCUT2D eigenvalue weighted by atomic mass is 9.96.